The number of nitrogens with two attached hydrogens (primary N) is 1. The number of hydrogen-bond donors (Lipinski definition) is 1. The van der Waals surface area contributed by atoms with Gasteiger partial charge in [0.1, 0.15) is 0 Å². The molecule has 0 fully saturated rings. The van der Waals surface area contributed by atoms with Crippen LogP contribution in [-0.4, -0.2) is 25.2 Å². The number of anilines is 1. The highest BCUT2D eigenvalue weighted by Gasteiger charge is 1.99. The van der Waals surface area contributed by atoms with Crippen LogP contribution in [0.15, 0.2) is 24.3 Å². The van der Waals surface area contributed by atoms with Gasteiger partial charge in [-0.2, -0.15) is 0 Å². The molecule has 0 aliphatic rings. The van der Waals surface area contributed by atoms with Crippen LogP contribution in [0, 0.1) is 0 Å². The minimum atomic E-state index is -0.249. The van der Waals surface area contributed by atoms with Crippen molar-refractivity contribution < 1.29 is 4.39 Å². The standard InChI is InChI=1S/C11H17FN2/c1-14(7-3-6-12)9-10-4-2-5-11(13)8-10/h2,4-5,8H,3,6-7,9,13H2,1H3. The van der Waals surface area contributed by atoms with Crippen molar-refractivity contribution in [1.82, 2.24) is 4.90 Å². The number of alkyl halides is 1. The molecule has 0 aromatic heterocycles. The lowest BCUT2D eigenvalue weighted by Crippen LogP contribution is -2.19. The minimum absolute atomic E-state index is 0.249. The van der Waals surface area contributed by atoms with Gasteiger partial charge in [-0.25, -0.2) is 0 Å². The fourth-order valence-corrected chi connectivity index (χ4v) is 1.41. The summed E-state index contributed by atoms with van der Waals surface area (Å²) in [6, 6.07) is 7.78. The molecular formula is C11H17FN2. The first-order valence-corrected chi connectivity index (χ1v) is 4.81. The summed E-state index contributed by atoms with van der Waals surface area (Å²) in [5, 5.41) is 0. The Morgan fingerprint density at radius 1 is 1.43 bits per heavy atom. The van der Waals surface area contributed by atoms with Gasteiger partial charge in [0.15, 0.2) is 0 Å². The first-order chi connectivity index (χ1) is 6.72. The van der Waals surface area contributed by atoms with Gasteiger partial charge < -0.3 is 10.6 Å². The fraction of sp³-hybridized carbons (Fsp3) is 0.455. The zero-order chi connectivity index (χ0) is 10.4. The van der Waals surface area contributed by atoms with E-state index in [4.69, 9.17) is 5.73 Å². The van der Waals surface area contributed by atoms with Crippen molar-refractivity contribution >= 4 is 5.69 Å². The quantitative estimate of drug-likeness (QED) is 0.730. The lowest BCUT2D eigenvalue weighted by molar-refractivity contribution is 0.303. The molecule has 0 spiro atoms. The molecule has 0 unspecified atom stereocenters. The van der Waals surface area contributed by atoms with E-state index in [1.165, 1.54) is 5.56 Å². The van der Waals surface area contributed by atoms with Crippen molar-refractivity contribution in [1.29, 1.82) is 0 Å². The van der Waals surface area contributed by atoms with Crippen molar-refractivity contribution in [2.24, 2.45) is 0 Å². The van der Waals surface area contributed by atoms with Crippen molar-refractivity contribution in [3.8, 4) is 0 Å². The molecule has 0 saturated heterocycles. The highest BCUT2D eigenvalue weighted by Crippen LogP contribution is 2.08. The third kappa shape index (κ3) is 3.75. The predicted octanol–water partition coefficient (Wildman–Crippen LogP) is 2.06. The molecule has 0 atom stereocenters. The zero-order valence-electron chi connectivity index (χ0n) is 8.54. The summed E-state index contributed by atoms with van der Waals surface area (Å²) in [7, 11) is 1.98. The second-order valence-electron chi connectivity index (χ2n) is 3.53. The van der Waals surface area contributed by atoms with Gasteiger partial charge in [0.2, 0.25) is 0 Å². The van der Waals surface area contributed by atoms with Gasteiger partial charge in [0, 0.05) is 18.8 Å². The lowest BCUT2D eigenvalue weighted by Gasteiger charge is -2.15. The summed E-state index contributed by atoms with van der Waals surface area (Å²) in [5.74, 6) is 0. The van der Waals surface area contributed by atoms with E-state index in [-0.39, 0.29) is 6.67 Å². The van der Waals surface area contributed by atoms with Crippen molar-refractivity contribution in [3.63, 3.8) is 0 Å². The molecule has 3 heteroatoms. The predicted molar refractivity (Wildman–Crippen MR) is 57.8 cm³/mol. The van der Waals surface area contributed by atoms with Crippen molar-refractivity contribution in [3.05, 3.63) is 29.8 Å². The van der Waals surface area contributed by atoms with Gasteiger partial charge in [0.05, 0.1) is 6.67 Å². The Labute approximate surface area is 84.5 Å². The molecule has 78 valence electrons. The molecule has 14 heavy (non-hydrogen) atoms. The van der Waals surface area contributed by atoms with Crippen LogP contribution in [0.3, 0.4) is 0 Å². The molecule has 1 rings (SSSR count). The highest BCUT2D eigenvalue weighted by atomic mass is 19.1. The van der Waals surface area contributed by atoms with E-state index in [2.05, 4.69) is 4.90 Å². The van der Waals surface area contributed by atoms with E-state index in [0.29, 0.717) is 6.42 Å². The molecule has 0 bridgehead atoms. The van der Waals surface area contributed by atoms with Gasteiger partial charge in [-0.3, -0.25) is 4.39 Å². The summed E-state index contributed by atoms with van der Waals surface area (Å²) in [6.45, 7) is 1.36. The minimum Gasteiger partial charge on any atom is -0.399 e. The summed E-state index contributed by atoms with van der Waals surface area (Å²) < 4.78 is 11.9. The molecular weight excluding hydrogens is 179 g/mol. The Bertz CT molecular complexity index is 276. The molecule has 2 N–H and O–H groups in total. The summed E-state index contributed by atoms with van der Waals surface area (Å²) in [4.78, 5) is 2.09. The van der Waals surface area contributed by atoms with Crippen LogP contribution in [0.4, 0.5) is 10.1 Å². The number of halogens is 1. The van der Waals surface area contributed by atoms with Gasteiger partial charge in [-0.05, 0) is 31.2 Å². The molecule has 0 saturated carbocycles. The summed E-state index contributed by atoms with van der Waals surface area (Å²) in [6.07, 6.45) is 0.596. The van der Waals surface area contributed by atoms with E-state index >= 15 is 0 Å². The molecule has 1 aromatic rings. The lowest BCUT2D eigenvalue weighted by atomic mass is 10.2. The average Bonchev–Trinajstić information content (AvgIpc) is 2.15. The van der Waals surface area contributed by atoms with Gasteiger partial charge in [-0.15, -0.1) is 0 Å². The Morgan fingerprint density at radius 2 is 2.21 bits per heavy atom. The molecule has 0 aliphatic carbocycles. The third-order valence-electron chi connectivity index (χ3n) is 2.08. The molecule has 0 radical (unpaired) electrons. The third-order valence-corrected chi connectivity index (χ3v) is 2.08. The number of rotatable bonds is 5. The molecule has 0 amide bonds. The highest BCUT2D eigenvalue weighted by molar-refractivity contribution is 5.40. The molecule has 0 aliphatic heterocycles. The van der Waals surface area contributed by atoms with Gasteiger partial charge in [0.25, 0.3) is 0 Å². The van der Waals surface area contributed by atoms with Gasteiger partial charge >= 0.3 is 0 Å². The van der Waals surface area contributed by atoms with Crippen LogP contribution >= 0.6 is 0 Å². The Hall–Kier alpha value is -1.09. The molecule has 1 aromatic carbocycles. The van der Waals surface area contributed by atoms with Crippen molar-refractivity contribution in [2.45, 2.75) is 13.0 Å². The van der Waals surface area contributed by atoms with E-state index in [1.807, 2.05) is 31.3 Å². The Kier molecular flexibility index (Phi) is 4.40. The average molecular weight is 196 g/mol. The van der Waals surface area contributed by atoms with Crippen LogP contribution in [-0.2, 0) is 6.54 Å². The smallest absolute Gasteiger partial charge is 0.0906 e. The second-order valence-corrected chi connectivity index (χ2v) is 3.53. The van der Waals surface area contributed by atoms with E-state index in [0.717, 1.165) is 18.8 Å². The topological polar surface area (TPSA) is 29.3 Å². The number of nitrogen functional groups attached to an aromatic ring is 1. The second kappa shape index (κ2) is 5.60. The van der Waals surface area contributed by atoms with Crippen molar-refractivity contribution in [2.75, 3.05) is 26.0 Å². The maximum atomic E-state index is 11.9. The Morgan fingerprint density at radius 3 is 2.86 bits per heavy atom. The summed E-state index contributed by atoms with van der Waals surface area (Å²) in [5.41, 5.74) is 7.61. The van der Waals surface area contributed by atoms with Crippen LogP contribution in [0.1, 0.15) is 12.0 Å². The maximum Gasteiger partial charge on any atom is 0.0906 e. The first kappa shape index (κ1) is 11.0. The molecule has 2 nitrogen and oxygen atoms in total. The van der Waals surface area contributed by atoms with Crippen LogP contribution in [0.25, 0.3) is 0 Å². The van der Waals surface area contributed by atoms with Crippen LogP contribution in [0.5, 0.6) is 0 Å². The van der Waals surface area contributed by atoms with E-state index in [1.54, 1.807) is 0 Å². The van der Waals surface area contributed by atoms with Crippen LogP contribution < -0.4 is 5.73 Å². The monoisotopic (exact) mass is 196 g/mol. The van der Waals surface area contributed by atoms with Crippen LogP contribution in [0.2, 0.25) is 0 Å². The zero-order valence-corrected chi connectivity index (χ0v) is 8.54. The normalized spacial score (nSPS) is 10.8. The first-order valence-electron chi connectivity index (χ1n) is 4.81. The van der Waals surface area contributed by atoms with E-state index in [9.17, 15) is 4.39 Å². The van der Waals surface area contributed by atoms with Gasteiger partial charge in [-0.1, -0.05) is 12.1 Å². The number of benzene rings is 1. The SMILES string of the molecule is CN(CCCF)Cc1cccc(N)c1. The van der Waals surface area contributed by atoms with E-state index < -0.39 is 0 Å². The largest absolute Gasteiger partial charge is 0.399 e. The fourth-order valence-electron chi connectivity index (χ4n) is 1.41. The number of hydrogen-bond acceptors (Lipinski definition) is 2. The molecule has 0 heterocycles. The maximum absolute atomic E-state index is 11.9. The Balaban J connectivity index is 2.43. The summed E-state index contributed by atoms with van der Waals surface area (Å²) >= 11 is 0. The number of nitrogens with zero attached hydrogens (tertiary/aromatic N) is 1.